The minimum atomic E-state index is 0.545. The molecule has 0 N–H and O–H groups in total. The molecule has 5 heteroatoms. The summed E-state index contributed by atoms with van der Waals surface area (Å²) in [5, 5.41) is 0. The first-order chi connectivity index (χ1) is 10.2. The van der Waals surface area contributed by atoms with Gasteiger partial charge in [-0.15, -0.1) is 11.6 Å². The minimum absolute atomic E-state index is 0.545. The molecule has 108 valence electrons. The standard InChI is InChI=1S/C16H17ClN4/c1-11-4-3-5-13(18-11)10-21-15(8-9-17)20-14-7-6-12(2)19-16(14)21/h3-7H,8-10H2,1-2H3. The second kappa shape index (κ2) is 5.82. The van der Waals surface area contributed by atoms with Gasteiger partial charge < -0.3 is 4.57 Å². The lowest BCUT2D eigenvalue weighted by molar-refractivity contribution is 0.728. The van der Waals surface area contributed by atoms with Crippen molar-refractivity contribution in [3.05, 3.63) is 53.2 Å². The van der Waals surface area contributed by atoms with E-state index in [2.05, 4.69) is 19.5 Å². The van der Waals surface area contributed by atoms with Crippen molar-refractivity contribution in [3.8, 4) is 0 Å². The zero-order valence-electron chi connectivity index (χ0n) is 12.2. The first-order valence-electron chi connectivity index (χ1n) is 6.98. The van der Waals surface area contributed by atoms with E-state index in [0.29, 0.717) is 12.4 Å². The summed E-state index contributed by atoms with van der Waals surface area (Å²) in [4.78, 5) is 13.8. The Labute approximate surface area is 128 Å². The number of imidazole rings is 1. The Hall–Kier alpha value is -1.94. The Morgan fingerprint density at radius 3 is 2.57 bits per heavy atom. The summed E-state index contributed by atoms with van der Waals surface area (Å²) in [7, 11) is 0. The molecule has 0 fully saturated rings. The van der Waals surface area contributed by atoms with Crippen LogP contribution < -0.4 is 0 Å². The zero-order valence-corrected chi connectivity index (χ0v) is 12.9. The van der Waals surface area contributed by atoms with E-state index >= 15 is 0 Å². The molecule has 3 aromatic heterocycles. The third-order valence-corrected chi connectivity index (χ3v) is 3.58. The van der Waals surface area contributed by atoms with Crippen LogP contribution >= 0.6 is 11.6 Å². The van der Waals surface area contributed by atoms with Gasteiger partial charge in [0, 0.05) is 23.7 Å². The summed E-state index contributed by atoms with van der Waals surface area (Å²) in [5.74, 6) is 1.50. The Balaban J connectivity index is 2.10. The lowest BCUT2D eigenvalue weighted by Gasteiger charge is -2.08. The maximum atomic E-state index is 5.91. The average molecular weight is 301 g/mol. The topological polar surface area (TPSA) is 43.6 Å². The molecule has 0 bridgehead atoms. The molecule has 0 radical (unpaired) electrons. The van der Waals surface area contributed by atoms with E-state index in [9.17, 15) is 0 Å². The molecule has 0 aliphatic heterocycles. The van der Waals surface area contributed by atoms with Crippen LogP contribution in [-0.2, 0) is 13.0 Å². The SMILES string of the molecule is Cc1cccc(Cn2c(CCCl)nc3ccc(C)nc32)n1. The summed E-state index contributed by atoms with van der Waals surface area (Å²) in [6.07, 6.45) is 0.725. The van der Waals surface area contributed by atoms with Crippen molar-refractivity contribution >= 4 is 22.8 Å². The number of aromatic nitrogens is 4. The van der Waals surface area contributed by atoms with E-state index in [0.717, 1.165) is 40.5 Å². The number of nitrogens with zero attached hydrogens (tertiary/aromatic N) is 4. The fourth-order valence-corrected chi connectivity index (χ4v) is 2.60. The Kier molecular flexibility index (Phi) is 3.88. The Bertz CT molecular complexity index is 779. The van der Waals surface area contributed by atoms with Gasteiger partial charge in [0.2, 0.25) is 0 Å². The molecule has 0 aromatic carbocycles. The molecule has 0 atom stereocenters. The Morgan fingerprint density at radius 2 is 1.81 bits per heavy atom. The summed E-state index contributed by atoms with van der Waals surface area (Å²) in [6, 6.07) is 10.0. The summed E-state index contributed by atoms with van der Waals surface area (Å²) < 4.78 is 2.12. The van der Waals surface area contributed by atoms with Gasteiger partial charge in [0.05, 0.1) is 12.2 Å². The lowest BCUT2D eigenvalue weighted by Crippen LogP contribution is -2.08. The molecular formula is C16H17ClN4. The van der Waals surface area contributed by atoms with Gasteiger partial charge in [-0.05, 0) is 38.1 Å². The predicted octanol–water partition coefficient (Wildman–Crippen LogP) is 3.27. The van der Waals surface area contributed by atoms with E-state index in [-0.39, 0.29) is 0 Å². The van der Waals surface area contributed by atoms with Crippen molar-refractivity contribution in [1.29, 1.82) is 0 Å². The van der Waals surface area contributed by atoms with Crippen LogP contribution in [0.5, 0.6) is 0 Å². The predicted molar refractivity (Wildman–Crippen MR) is 84.8 cm³/mol. The largest absolute Gasteiger partial charge is 0.307 e. The molecule has 3 aromatic rings. The van der Waals surface area contributed by atoms with Gasteiger partial charge >= 0.3 is 0 Å². The molecule has 0 amide bonds. The van der Waals surface area contributed by atoms with Gasteiger partial charge in [-0.25, -0.2) is 9.97 Å². The van der Waals surface area contributed by atoms with Crippen LogP contribution in [0.4, 0.5) is 0 Å². The molecular weight excluding hydrogens is 284 g/mol. The highest BCUT2D eigenvalue weighted by molar-refractivity contribution is 6.17. The number of hydrogen-bond donors (Lipinski definition) is 0. The van der Waals surface area contributed by atoms with Crippen molar-refractivity contribution in [2.75, 3.05) is 5.88 Å². The van der Waals surface area contributed by atoms with Gasteiger partial charge in [0.1, 0.15) is 11.3 Å². The molecule has 0 spiro atoms. The number of rotatable bonds is 4. The van der Waals surface area contributed by atoms with Crippen molar-refractivity contribution in [2.24, 2.45) is 0 Å². The second-order valence-corrected chi connectivity index (χ2v) is 5.50. The summed E-state index contributed by atoms with van der Waals surface area (Å²) >= 11 is 5.91. The maximum absolute atomic E-state index is 5.91. The third kappa shape index (κ3) is 2.90. The zero-order chi connectivity index (χ0) is 14.8. The number of halogens is 1. The van der Waals surface area contributed by atoms with Gasteiger partial charge in [0.25, 0.3) is 0 Å². The van der Waals surface area contributed by atoms with Gasteiger partial charge in [-0.1, -0.05) is 6.07 Å². The number of aryl methyl sites for hydroxylation is 3. The molecule has 4 nitrogen and oxygen atoms in total. The summed E-state index contributed by atoms with van der Waals surface area (Å²) in [6.45, 7) is 4.65. The number of fused-ring (bicyclic) bond motifs is 1. The first-order valence-corrected chi connectivity index (χ1v) is 7.52. The van der Waals surface area contributed by atoms with Crippen molar-refractivity contribution in [3.63, 3.8) is 0 Å². The highest BCUT2D eigenvalue weighted by atomic mass is 35.5. The normalized spacial score (nSPS) is 11.2. The van der Waals surface area contributed by atoms with E-state index in [1.807, 2.05) is 44.2 Å². The number of alkyl halides is 1. The molecule has 0 aliphatic rings. The fourth-order valence-electron chi connectivity index (χ4n) is 2.43. The smallest absolute Gasteiger partial charge is 0.160 e. The molecule has 21 heavy (non-hydrogen) atoms. The summed E-state index contributed by atoms with van der Waals surface area (Å²) in [5.41, 5.74) is 4.82. The van der Waals surface area contributed by atoms with Crippen LogP contribution in [0.1, 0.15) is 22.9 Å². The van der Waals surface area contributed by atoms with Crippen molar-refractivity contribution < 1.29 is 0 Å². The van der Waals surface area contributed by atoms with Crippen LogP contribution in [0, 0.1) is 13.8 Å². The van der Waals surface area contributed by atoms with Gasteiger partial charge in [-0.3, -0.25) is 4.98 Å². The van der Waals surface area contributed by atoms with Gasteiger partial charge in [-0.2, -0.15) is 0 Å². The molecule has 0 unspecified atom stereocenters. The molecule has 0 saturated carbocycles. The quantitative estimate of drug-likeness (QED) is 0.695. The molecule has 0 saturated heterocycles. The molecule has 3 rings (SSSR count). The highest BCUT2D eigenvalue weighted by Gasteiger charge is 2.12. The van der Waals surface area contributed by atoms with Gasteiger partial charge in [0.15, 0.2) is 5.65 Å². The van der Waals surface area contributed by atoms with Crippen LogP contribution in [0.25, 0.3) is 11.2 Å². The van der Waals surface area contributed by atoms with E-state index < -0.39 is 0 Å². The Morgan fingerprint density at radius 1 is 1.00 bits per heavy atom. The lowest BCUT2D eigenvalue weighted by atomic mass is 10.3. The van der Waals surface area contributed by atoms with Crippen LogP contribution in [0.2, 0.25) is 0 Å². The minimum Gasteiger partial charge on any atom is -0.307 e. The van der Waals surface area contributed by atoms with E-state index in [1.54, 1.807) is 0 Å². The highest BCUT2D eigenvalue weighted by Crippen LogP contribution is 2.17. The molecule has 0 aliphatic carbocycles. The monoisotopic (exact) mass is 300 g/mol. The van der Waals surface area contributed by atoms with Crippen LogP contribution in [-0.4, -0.2) is 25.4 Å². The van der Waals surface area contributed by atoms with E-state index in [1.165, 1.54) is 0 Å². The number of hydrogen-bond acceptors (Lipinski definition) is 3. The van der Waals surface area contributed by atoms with Crippen LogP contribution in [0.3, 0.4) is 0 Å². The maximum Gasteiger partial charge on any atom is 0.160 e. The van der Waals surface area contributed by atoms with Crippen molar-refractivity contribution in [1.82, 2.24) is 19.5 Å². The van der Waals surface area contributed by atoms with Crippen LogP contribution in [0.15, 0.2) is 30.3 Å². The fraction of sp³-hybridized carbons (Fsp3) is 0.312. The average Bonchev–Trinajstić information content (AvgIpc) is 2.77. The molecule has 3 heterocycles. The van der Waals surface area contributed by atoms with E-state index in [4.69, 9.17) is 11.6 Å². The first kappa shape index (κ1) is 14.0. The third-order valence-electron chi connectivity index (χ3n) is 3.39. The second-order valence-electron chi connectivity index (χ2n) is 5.12. The van der Waals surface area contributed by atoms with Crippen molar-refractivity contribution in [2.45, 2.75) is 26.8 Å². The number of pyridine rings is 2.